The Morgan fingerprint density at radius 1 is 1.03 bits per heavy atom. The van der Waals surface area contributed by atoms with E-state index in [-0.39, 0.29) is 49.0 Å². The summed E-state index contributed by atoms with van der Waals surface area (Å²) in [6, 6.07) is 8.42. The molecule has 0 bridgehead atoms. The first kappa shape index (κ1) is 27.8. The number of anilines is 1. The lowest BCUT2D eigenvalue weighted by Crippen LogP contribution is -2.41. The fourth-order valence-electron chi connectivity index (χ4n) is 4.12. The topological polar surface area (TPSA) is 102 Å². The molecule has 1 saturated carbocycles. The molecule has 2 aliphatic rings. The van der Waals surface area contributed by atoms with Crippen LogP contribution in [0.3, 0.4) is 0 Å². The molecule has 6 nitrogen and oxygen atoms in total. The largest absolute Gasteiger partial charge is 0.481 e. The highest BCUT2D eigenvalue weighted by Crippen LogP contribution is 2.26. The Balaban J connectivity index is 0.00000261. The van der Waals surface area contributed by atoms with Crippen molar-refractivity contribution in [2.24, 2.45) is 17.6 Å². The molecule has 1 saturated heterocycles. The van der Waals surface area contributed by atoms with Crippen LogP contribution < -0.4 is 16.0 Å². The van der Waals surface area contributed by atoms with E-state index in [1.165, 1.54) is 18.5 Å². The minimum absolute atomic E-state index is 0. The van der Waals surface area contributed by atoms with Crippen molar-refractivity contribution in [2.45, 2.75) is 44.6 Å². The van der Waals surface area contributed by atoms with Crippen LogP contribution in [0.5, 0.6) is 0 Å². The smallest absolute Gasteiger partial charge is 0.306 e. The van der Waals surface area contributed by atoms with Crippen LogP contribution in [0.1, 0.15) is 44.1 Å². The molecule has 9 heteroatoms. The van der Waals surface area contributed by atoms with Gasteiger partial charge in [-0.25, -0.2) is 0 Å². The van der Waals surface area contributed by atoms with Crippen molar-refractivity contribution in [3.05, 3.63) is 29.8 Å². The fraction of sp³-hybridized carbons (Fsp3) is 0.600. The van der Waals surface area contributed by atoms with Gasteiger partial charge in [0.25, 0.3) is 0 Å². The average Bonchev–Trinajstić information content (AvgIpc) is 2.67. The summed E-state index contributed by atoms with van der Waals surface area (Å²) >= 11 is 0. The fourth-order valence-corrected chi connectivity index (χ4v) is 4.12. The number of carbonyl (C=O) groups is 1. The number of aliphatic carboxylic acids is 1. The zero-order chi connectivity index (χ0) is 18.5. The second-order valence-electron chi connectivity index (χ2n) is 7.69. The first-order valence-electron chi connectivity index (χ1n) is 9.68. The number of amidine groups is 1. The van der Waals surface area contributed by atoms with Gasteiger partial charge in [-0.15, -0.1) is 37.2 Å². The van der Waals surface area contributed by atoms with Gasteiger partial charge in [0.1, 0.15) is 5.84 Å². The number of benzene rings is 1. The monoisotopic (exact) mass is 466 g/mol. The number of hydrogen-bond acceptors (Lipinski definition) is 4. The molecule has 3 rings (SSSR count). The minimum atomic E-state index is -0.632. The van der Waals surface area contributed by atoms with E-state index in [1.54, 1.807) is 0 Å². The van der Waals surface area contributed by atoms with Crippen molar-refractivity contribution in [3.63, 3.8) is 0 Å². The van der Waals surface area contributed by atoms with Crippen LogP contribution in [0.4, 0.5) is 5.69 Å². The van der Waals surface area contributed by atoms with Crippen LogP contribution >= 0.6 is 37.2 Å². The maximum Gasteiger partial charge on any atom is 0.306 e. The first-order chi connectivity index (χ1) is 12.5. The molecular weight excluding hydrogens is 435 g/mol. The lowest BCUT2D eigenvalue weighted by Gasteiger charge is -2.35. The molecule has 1 heterocycles. The molecular formula is C20H33Cl3N4O2. The van der Waals surface area contributed by atoms with Gasteiger partial charge in [0.2, 0.25) is 0 Å². The zero-order valence-corrected chi connectivity index (χ0v) is 19.0. The summed E-state index contributed by atoms with van der Waals surface area (Å²) in [6.45, 7) is 3.15. The van der Waals surface area contributed by atoms with Crippen molar-refractivity contribution in [1.82, 2.24) is 5.32 Å². The van der Waals surface area contributed by atoms with Crippen molar-refractivity contribution in [1.29, 1.82) is 5.41 Å². The number of nitrogen functional groups attached to an aromatic ring is 1. The van der Waals surface area contributed by atoms with Crippen molar-refractivity contribution < 1.29 is 9.90 Å². The lowest BCUT2D eigenvalue weighted by molar-refractivity contribution is -0.142. The molecule has 0 atom stereocenters. The quantitative estimate of drug-likeness (QED) is 0.377. The highest BCUT2D eigenvalue weighted by molar-refractivity contribution is 5.95. The normalized spacial score (nSPS) is 21.9. The standard InChI is InChI=1S/C20H30N4O2.3ClH/c21-19(22)15-3-7-18(8-4-15)24-11-9-14(10-12-24)13-23-17-5-1-16(2-6-17)20(25)26;;;/h3-4,7-8,14,16-17,23H,1-2,5-6,9-13H2,(H3,21,22)(H,25,26);3*1H. The molecule has 166 valence electrons. The molecule has 0 spiro atoms. The van der Waals surface area contributed by atoms with Gasteiger partial charge in [0.05, 0.1) is 5.92 Å². The number of carboxylic acids is 1. The minimum Gasteiger partial charge on any atom is -0.481 e. The first-order valence-corrected chi connectivity index (χ1v) is 9.68. The Bertz CT molecular complexity index is 629. The van der Waals surface area contributed by atoms with Gasteiger partial charge in [0.15, 0.2) is 0 Å². The van der Waals surface area contributed by atoms with E-state index in [0.29, 0.717) is 12.0 Å². The van der Waals surface area contributed by atoms with Gasteiger partial charge in [0, 0.05) is 30.4 Å². The molecule has 0 amide bonds. The van der Waals surface area contributed by atoms with Crippen LogP contribution in [0.15, 0.2) is 24.3 Å². The van der Waals surface area contributed by atoms with E-state index in [4.69, 9.17) is 16.2 Å². The molecule has 0 unspecified atom stereocenters. The van der Waals surface area contributed by atoms with Gasteiger partial charge in [-0.2, -0.15) is 0 Å². The number of piperidine rings is 1. The van der Waals surface area contributed by atoms with Crippen molar-refractivity contribution in [3.8, 4) is 0 Å². The predicted molar refractivity (Wildman–Crippen MR) is 126 cm³/mol. The summed E-state index contributed by atoms with van der Waals surface area (Å²) < 4.78 is 0. The molecule has 2 fully saturated rings. The molecule has 1 aliphatic heterocycles. The Labute approximate surface area is 191 Å². The summed E-state index contributed by atoms with van der Waals surface area (Å²) in [5, 5.41) is 20.2. The van der Waals surface area contributed by atoms with Gasteiger partial charge >= 0.3 is 5.97 Å². The second-order valence-corrected chi connectivity index (χ2v) is 7.69. The Kier molecular flexibility index (Phi) is 12.6. The van der Waals surface area contributed by atoms with E-state index in [9.17, 15) is 4.79 Å². The Morgan fingerprint density at radius 3 is 2.07 bits per heavy atom. The van der Waals surface area contributed by atoms with Crippen molar-refractivity contribution >= 4 is 54.7 Å². The van der Waals surface area contributed by atoms with Gasteiger partial charge in [-0.05, 0) is 75.3 Å². The van der Waals surface area contributed by atoms with Crippen LogP contribution in [0, 0.1) is 17.2 Å². The molecule has 0 aromatic heterocycles. The number of carboxylic acid groups (broad SMARTS) is 1. The third-order valence-corrected chi connectivity index (χ3v) is 5.93. The van der Waals surface area contributed by atoms with Gasteiger partial charge in [-0.1, -0.05) is 0 Å². The molecule has 1 aromatic rings. The molecule has 1 aromatic carbocycles. The van der Waals surface area contributed by atoms with Crippen LogP contribution in [-0.2, 0) is 4.79 Å². The Morgan fingerprint density at radius 2 is 1.59 bits per heavy atom. The van der Waals surface area contributed by atoms with Crippen LogP contribution in [0.2, 0.25) is 0 Å². The van der Waals surface area contributed by atoms with E-state index >= 15 is 0 Å². The second kappa shape index (κ2) is 13.2. The maximum atomic E-state index is 11.0. The lowest BCUT2D eigenvalue weighted by atomic mass is 9.85. The van der Waals surface area contributed by atoms with E-state index in [0.717, 1.165) is 50.9 Å². The van der Waals surface area contributed by atoms with Crippen LogP contribution in [-0.4, -0.2) is 42.6 Å². The number of nitrogens with one attached hydrogen (secondary N) is 2. The van der Waals surface area contributed by atoms with E-state index < -0.39 is 5.97 Å². The predicted octanol–water partition coefficient (Wildman–Crippen LogP) is 3.69. The zero-order valence-electron chi connectivity index (χ0n) is 16.5. The molecule has 0 radical (unpaired) electrons. The number of halogens is 3. The summed E-state index contributed by atoms with van der Waals surface area (Å²) in [6.07, 6.45) is 5.93. The summed E-state index contributed by atoms with van der Waals surface area (Å²) in [4.78, 5) is 13.4. The van der Waals surface area contributed by atoms with E-state index in [1.807, 2.05) is 12.1 Å². The third kappa shape index (κ3) is 7.85. The molecule has 5 N–H and O–H groups in total. The summed E-state index contributed by atoms with van der Waals surface area (Å²) in [7, 11) is 0. The van der Waals surface area contributed by atoms with Crippen LogP contribution in [0.25, 0.3) is 0 Å². The number of rotatable bonds is 6. The summed E-state index contributed by atoms with van der Waals surface area (Å²) in [5.74, 6) is 0.0384. The SMILES string of the molecule is Cl.Cl.Cl.N=C(N)c1ccc(N2CCC(CNC3CCC(C(=O)O)CC3)CC2)cc1. The molecule has 29 heavy (non-hydrogen) atoms. The van der Waals surface area contributed by atoms with Gasteiger partial charge < -0.3 is 21.1 Å². The average molecular weight is 468 g/mol. The third-order valence-electron chi connectivity index (χ3n) is 5.93. The highest BCUT2D eigenvalue weighted by atomic mass is 35.5. The Hall–Kier alpha value is -1.21. The van der Waals surface area contributed by atoms with E-state index in [2.05, 4.69) is 22.3 Å². The summed E-state index contributed by atoms with van der Waals surface area (Å²) in [5.41, 5.74) is 7.48. The van der Waals surface area contributed by atoms with Gasteiger partial charge in [-0.3, -0.25) is 10.2 Å². The number of nitrogens with zero attached hydrogens (tertiary/aromatic N) is 1. The molecule has 1 aliphatic carbocycles. The number of nitrogens with two attached hydrogens (primary N) is 1. The maximum absolute atomic E-state index is 11.0. The highest BCUT2D eigenvalue weighted by Gasteiger charge is 2.26. The van der Waals surface area contributed by atoms with Crippen molar-refractivity contribution in [2.75, 3.05) is 24.5 Å². The number of hydrogen-bond donors (Lipinski definition) is 4.